The zero-order valence-electron chi connectivity index (χ0n) is 33.4. The molecule has 0 saturated heterocycles. The van der Waals surface area contributed by atoms with Crippen LogP contribution >= 0.6 is 0 Å². The number of aromatic nitrogens is 5. The summed E-state index contributed by atoms with van der Waals surface area (Å²) in [5, 5.41) is 12.5. The Morgan fingerprint density at radius 2 is 1.52 bits per heavy atom. The summed E-state index contributed by atoms with van der Waals surface area (Å²) in [5.74, 6) is 0.729. The van der Waals surface area contributed by atoms with Gasteiger partial charge in [0.15, 0.2) is 5.65 Å². The molecule has 9 rings (SSSR count). The third-order valence-corrected chi connectivity index (χ3v) is 9.45. The van der Waals surface area contributed by atoms with Gasteiger partial charge < -0.3 is 14.0 Å². The molecular weight excluding hydrogens is 850 g/mol. The summed E-state index contributed by atoms with van der Waals surface area (Å²) in [7, 11) is 0. The van der Waals surface area contributed by atoms with E-state index < -0.39 is 12.7 Å². The van der Waals surface area contributed by atoms with Crippen LogP contribution < -0.4 is 0 Å². The van der Waals surface area contributed by atoms with Gasteiger partial charge in [0.1, 0.15) is 11.1 Å². The number of halogens is 1. The first-order chi connectivity index (χ1) is 26.9. The zero-order valence-corrected chi connectivity index (χ0v) is 32.8. The Morgan fingerprint density at radius 3 is 2.22 bits per heavy atom. The molecule has 4 aromatic heterocycles. The van der Waals surface area contributed by atoms with E-state index >= 15 is 0 Å². The molecule has 54 heavy (non-hydrogen) atoms. The van der Waals surface area contributed by atoms with Crippen LogP contribution in [0.15, 0.2) is 114 Å². The van der Waals surface area contributed by atoms with E-state index in [1.54, 1.807) is 12.3 Å². The Bertz CT molecular complexity index is 2870. The van der Waals surface area contributed by atoms with Crippen LogP contribution in [-0.4, -0.2) is 24.7 Å². The molecule has 0 N–H and O–H groups in total. The SMILES string of the molecule is CC(C)c1cccc(C(C)C)c1-n1c(-c2[c-]ccc3c2oc2ccccc23)nc2c3ccccc3nnc21.[2H]C([2H])([2H])c1c[c-]c(-c2ccc(C)cn2)c(F)c1.[Ir]. The number of benzene rings is 5. The number of furan rings is 1. The van der Waals surface area contributed by atoms with Crippen molar-refractivity contribution in [1.82, 2.24) is 24.7 Å². The van der Waals surface area contributed by atoms with Crippen molar-refractivity contribution < 1.29 is 33.0 Å². The van der Waals surface area contributed by atoms with E-state index in [2.05, 4.69) is 90.9 Å². The standard InChI is InChI=1S/C33H27N4O.C13H11FN.Ir/c1-19(2)21-13-9-14-22(20(3)4)30(21)37-32(34-29-25-12-5-7-17-27(25)35-36-33(29)37)26-16-10-15-24-23-11-6-8-18-28(23)38-31(24)26;1-9-3-5-11(12(14)7-9)13-6-4-10(2)8-15-13;/h5-15,17-20H,1-4H3;3-4,6-8H,1-2H3;/q2*-1;/i;1D3;. The van der Waals surface area contributed by atoms with Crippen molar-refractivity contribution in [2.75, 3.05) is 0 Å². The van der Waals surface area contributed by atoms with Crippen LogP contribution in [0.1, 0.15) is 65.9 Å². The molecule has 0 aliphatic heterocycles. The fraction of sp³-hybridized carbons (Fsp3) is 0.174. The molecule has 0 aliphatic rings. The molecule has 9 aromatic rings. The molecule has 0 amide bonds. The van der Waals surface area contributed by atoms with E-state index in [9.17, 15) is 4.39 Å². The van der Waals surface area contributed by atoms with Crippen LogP contribution in [0.25, 0.3) is 72.3 Å². The van der Waals surface area contributed by atoms with E-state index in [-0.39, 0.29) is 31.2 Å². The largest absolute Gasteiger partial charge is 0.501 e. The molecular formula is C46H38FIrN5O-2. The molecule has 0 unspecified atom stereocenters. The molecule has 0 aliphatic carbocycles. The van der Waals surface area contributed by atoms with Gasteiger partial charge in [-0.25, -0.2) is 0 Å². The van der Waals surface area contributed by atoms with Gasteiger partial charge in [0, 0.05) is 52.7 Å². The number of aryl methyl sites for hydroxylation is 2. The van der Waals surface area contributed by atoms with Gasteiger partial charge >= 0.3 is 0 Å². The van der Waals surface area contributed by atoms with Crippen molar-refractivity contribution in [2.45, 2.75) is 53.3 Å². The predicted molar refractivity (Wildman–Crippen MR) is 212 cm³/mol. The number of pyridine rings is 1. The molecule has 0 bridgehead atoms. The first kappa shape index (κ1) is 33.0. The summed E-state index contributed by atoms with van der Waals surface area (Å²) in [5.41, 5.74) is 9.94. The van der Waals surface area contributed by atoms with Gasteiger partial charge in [-0.3, -0.25) is 9.37 Å². The molecule has 1 radical (unpaired) electrons. The van der Waals surface area contributed by atoms with Crippen LogP contribution in [0.3, 0.4) is 0 Å². The van der Waals surface area contributed by atoms with E-state index in [1.165, 1.54) is 17.2 Å². The first-order valence-electron chi connectivity index (χ1n) is 19.1. The van der Waals surface area contributed by atoms with Gasteiger partial charge in [-0.05, 0) is 53.3 Å². The summed E-state index contributed by atoms with van der Waals surface area (Å²) in [6.07, 6.45) is 1.63. The van der Waals surface area contributed by atoms with Gasteiger partial charge in [0.25, 0.3) is 0 Å². The number of fused-ring (bicyclic) bond motifs is 6. The average molecular weight is 891 g/mol. The predicted octanol–water partition coefficient (Wildman–Crippen LogP) is 11.9. The maximum Gasteiger partial charge on any atom is 0.178 e. The molecule has 0 fully saturated rings. The molecule has 6 nitrogen and oxygen atoms in total. The molecule has 8 heteroatoms. The van der Waals surface area contributed by atoms with Crippen molar-refractivity contribution in [3.05, 3.63) is 150 Å². The van der Waals surface area contributed by atoms with Crippen LogP contribution in [0.5, 0.6) is 0 Å². The molecule has 0 saturated carbocycles. The third-order valence-electron chi connectivity index (χ3n) is 9.45. The minimum atomic E-state index is -2.32. The van der Waals surface area contributed by atoms with Crippen molar-refractivity contribution in [2.24, 2.45) is 0 Å². The normalized spacial score (nSPS) is 12.5. The minimum Gasteiger partial charge on any atom is -0.501 e. The maximum absolute atomic E-state index is 13.8. The van der Waals surface area contributed by atoms with Crippen LogP contribution in [0.2, 0.25) is 0 Å². The number of imidazole rings is 1. The summed E-state index contributed by atoms with van der Waals surface area (Å²) in [6.45, 7) is 8.48. The monoisotopic (exact) mass is 891 g/mol. The smallest absolute Gasteiger partial charge is 0.178 e. The summed E-state index contributed by atoms with van der Waals surface area (Å²) in [6, 6.07) is 38.7. The van der Waals surface area contributed by atoms with E-state index in [4.69, 9.17) is 18.6 Å². The Labute approximate surface area is 331 Å². The Hall–Kier alpha value is -5.56. The zero-order chi connectivity index (χ0) is 39.3. The van der Waals surface area contributed by atoms with Gasteiger partial charge in [-0.15, -0.1) is 52.2 Å². The number of rotatable bonds is 5. The number of para-hydroxylation sites is 2. The van der Waals surface area contributed by atoms with Gasteiger partial charge in [0.05, 0.1) is 16.9 Å². The van der Waals surface area contributed by atoms with Crippen molar-refractivity contribution in [3.8, 4) is 28.3 Å². The van der Waals surface area contributed by atoms with Gasteiger partial charge in [-0.1, -0.05) is 118 Å². The number of hydrogen-bond acceptors (Lipinski definition) is 5. The topological polar surface area (TPSA) is 69.6 Å². The number of hydrogen-bond donors (Lipinski definition) is 0. The van der Waals surface area contributed by atoms with Crippen LogP contribution in [0, 0.1) is 31.7 Å². The van der Waals surface area contributed by atoms with Crippen molar-refractivity contribution in [1.29, 1.82) is 0 Å². The van der Waals surface area contributed by atoms with Crippen LogP contribution in [-0.2, 0) is 20.1 Å². The second kappa shape index (κ2) is 15.1. The molecule has 0 spiro atoms. The summed E-state index contributed by atoms with van der Waals surface area (Å²) in [4.78, 5) is 9.37. The van der Waals surface area contributed by atoms with Crippen molar-refractivity contribution >= 4 is 44.0 Å². The Kier molecular flexibility index (Phi) is 9.21. The quantitative estimate of drug-likeness (QED) is 0.161. The van der Waals surface area contributed by atoms with E-state index in [0.717, 1.165) is 72.7 Å². The molecule has 5 aromatic carbocycles. The fourth-order valence-electron chi connectivity index (χ4n) is 6.83. The number of nitrogens with zero attached hydrogens (tertiary/aromatic N) is 5. The Balaban J connectivity index is 0.000000221. The van der Waals surface area contributed by atoms with Crippen LogP contribution in [0.4, 0.5) is 4.39 Å². The van der Waals surface area contributed by atoms with E-state index in [0.29, 0.717) is 17.5 Å². The fourth-order valence-corrected chi connectivity index (χ4v) is 6.83. The first-order valence-corrected chi connectivity index (χ1v) is 17.6. The van der Waals surface area contributed by atoms with Gasteiger partial charge in [0.2, 0.25) is 0 Å². The van der Waals surface area contributed by atoms with E-state index in [1.807, 2.05) is 55.5 Å². The maximum atomic E-state index is 13.8. The van der Waals surface area contributed by atoms with Crippen molar-refractivity contribution in [3.63, 3.8) is 0 Å². The van der Waals surface area contributed by atoms with Gasteiger partial charge in [-0.2, -0.15) is 0 Å². The average Bonchev–Trinajstić information content (AvgIpc) is 3.77. The Morgan fingerprint density at radius 1 is 0.778 bits per heavy atom. The molecule has 4 heterocycles. The second-order valence-corrected chi connectivity index (χ2v) is 13.8. The minimum absolute atomic E-state index is 0. The second-order valence-electron chi connectivity index (χ2n) is 13.8. The molecule has 0 atom stereocenters. The third kappa shape index (κ3) is 6.61. The summed E-state index contributed by atoms with van der Waals surface area (Å²) >= 11 is 0. The molecule has 271 valence electrons. The summed E-state index contributed by atoms with van der Waals surface area (Å²) < 4.78 is 44.1.